The van der Waals surface area contributed by atoms with Crippen molar-refractivity contribution in [2.75, 3.05) is 53.6 Å². The van der Waals surface area contributed by atoms with Gasteiger partial charge in [-0.15, -0.1) is 0 Å². The molecular formula is C23H31N3O6S. The first-order valence-electron chi connectivity index (χ1n) is 10.8. The molecule has 10 heteroatoms. The Morgan fingerprint density at radius 1 is 1.06 bits per heavy atom. The minimum absolute atomic E-state index is 0.0155. The first kappa shape index (κ1) is 25.0. The van der Waals surface area contributed by atoms with E-state index in [2.05, 4.69) is 14.9 Å². The number of sulfonamides is 1. The van der Waals surface area contributed by atoms with E-state index in [0.29, 0.717) is 31.3 Å². The predicted molar refractivity (Wildman–Crippen MR) is 124 cm³/mol. The molecule has 0 aliphatic carbocycles. The van der Waals surface area contributed by atoms with Gasteiger partial charge in [0.25, 0.3) is 0 Å². The van der Waals surface area contributed by atoms with Crippen molar-refractivity contribution in [3.8, 4) is 11.5 Å². The molecule has 0 bridgehead atoms. The van der Waals surface area contributed by atoms with Crippen molar-refractivity contribution in [2.45, 2.75) is 17.4 Å². The Labute approximate surface area is 195 Å². The largest absolute Gasteiger partial charge is 0.493 e. The zero-order valence-electron chi connectivity index (χ0n) is 19.0. The summed E-state index contributed by atoms with van der Waals surface area (Å²) in [5.41, 5.74) is 0.986. The van der Waals surface area contributed by atoms with Gasteiger partial charge in [0.05, 0.1) is 38.4 Å². The highest BCUT2D eigenvalue weighted by molar-refractivity contribution is 7.89. The van der Waals surface area contributed by atoms with Crippen LogP contribution in [0.2, 0.25) is 0 Å². The zero-order chi connectivity index (χ0) is 23.7. The Hall–Kier alpha value is -2.66. The summed E-state index contributed by atoms with van der Waals surface area (Å²) in [7, 11) is -0.466. The Balaban J connectivity index is 1.60. The third-order valence-corrected chi connectivity index (χ3v) is 6.95. The first-order valence-corrected chi connectivity index (χ1v) is 12.3. The lowest BCUT2D eigenvalue weighted by molar-refractivity contribution is -0.121. The van der Waals surface area contributed by atoms with Crippen LogP contribution in [0.15, 0.2) is 53.4 Å². The number of rotatable bonds is 11. The summed E-state index contributed by atoms with van der Waals surface area (Å²) in [4.78, 5) is 14.9. The van der Waals surface area contributed by atoms with Gasteiger partial charge in [0.1, 0.15) is 0 Å². The van der Waals surface area contributed by atoms with Crippen LogP contribution in [-0.4, -0.2) is 72.8 Å². The number of nitrogens with one attached hydrogen (secondary N) is 2. The van der Waals surface area contributed by atoms with Crippen LogP contribution >= 0.6 is 0 Å². The smallest absolute Gasteiger partial charge is 0.240 e. The van der Waals surface area contributed by atoms with Crippen molar-refractivity contribution < 1.29 is 27.4 Å². The molecule has 0 spiro atoms. The van der Waals surface area contributed by atoms with Gasteiger partial charge in [-0.05, 0) is 29.8 Å². The summed E-state index contributed by atoms with van der Waals surface area (Å²) < 4.78 is 43.3. The van der Waals surface area contributed by atoms with Crippen molar-refractivity contribution in [3.63, 3.8) is 0 Å². The SMILES string of the molecule is COc1ccc(C(CNC(=O)CCNS(=O)(=O)c2ccccc2)N2CCOCC2)cc1OC. The van der Waals surface area contributed by atoms with Crippen LogP contribution in [0, 0.1) is 0 Å². The molecular weight excluding hydrogens is 446 g/mol. The molecule has 3 rings (SSSR count). The number of nitrogens with zero attached hydrogens (tertiary/aromatic N) is 1. The van der Waals surface area contributed by atoms with Crippen LogP contribution in [0.25, 0.3) is 0 Å². The van der Waals surface area contributed by atoms with E-state index >= 15 is 0 Å². The molecule has 180 valence electrons. The molecule has 1 heterocycles. The molecule has 1 fully saturated rings. The molecule has 1 saturated heterocycles. The van der Waals surface area contributed by atoms with Gasteiger partial charge in [0, 0.05) is 32.6 Å². The molecule has 2 aromatic carbocycles. The van der Waals surface area contributed by atoms with Crippen LogP contribution in [0.4, 0.5) is 0 Å². The highest BCUT2D eigenvalue weighted by Crippen LogP contribution is 2.32. The van der Waals surface area contributed by atoms with Gasteiger partial charge in [-0.3, -0.25) is 9.69 Å². The standard InChI is InChI=1S/C23H31N3O6S/c1-30-21-9-8-18(16-22(21)31-2)20(26-12-14-32-15-13-26)17-24-23(27)10-11-25-33(28,29)19-6-4-3-5-7-19/h3-9,16,20,25H,10-15,17H2,1-2H3,(H,24,27). The second-order valence-electron chi connectivity index (χ2n) is 7.54. The Bertz CT molecular complexity index is 1010. The molecule has 1 atom stereocenters. The molecule has 1 amide bonds. The quantitative estimate of drug-likeness (QED) is 0.506. The third kappa shape index (κ3) is 6.91. The molecule has 0 radical (unpaired) electrons. The van der Waals surface area contributed by atoms with E-state index in [-0.39, 0.29) is 29.8 Å². The van der Waals surface area contributed by atoms with E-state index in [9.17, 15) is 13.2 Å². The van der Waals surface area contributed by atoms with E-state index in [1.54, 1.807) is 32.4 Å². The summed E-state index contributed by atoms with van der Waals surface area (Å²) in [6.07, 6.45) is 0.0355. The number of hydrogen-bond acceptors (Lipinski definition) is 7. The minimum atomic E-state index is -3.64. The van der Waals surface area contributed by atoms with Crippen molar-refractivity contribution in [1.82, 2.24) is 14.9 Å². The van der Waals surface area contributed by atoms with Gasteiger partial charge in [-0.1, -0.05) is 24.3 Å². The van der Waals surface area contributed by atoms with Crippen molar-refractivity contribution >= 4 is 15.9 Å². The van der Waals surface area contributed by atoms with Gasteiger partial charge in [0.15, 0.2) is 11.5 Å². The number of amides is 1. The molecule has 9 nitrogen and oxygen atoms in total. The molecule has 2 aromatic rings. The van der Waals surface area contributed by atoms with E-state index < -0.39 is 10.0 Å². The number of morpholine rings is 1. The average molecular weight is 478 g/mol. The Morgan fingerprint density at radius 2 is 1.76 bits per heavy atom. The van der Waals surface area contributed by atoms with Crippen molar-refractivity contribution in [1.29, 1.82) is 0 Å². The normalized spacial score (nSPS) is 15.6. The summed E-state index contributed by atoms with van der Waals surface area (Å²) in [5.74, 6) is 1.02. The molecule has 33 heavy (non-hydrogen) atoms. The average Bonchev–Trinajstić information content (AvgIpc) is 2.85. The number of ether oxygens (including phenoxy) is 3. The van der Waals surface area contributed by atoms with Gasteiger partial charge in [0.2, 0.25) is 15.9 Å². The molecule has 1 aliphatic rings. The van der Waals surface area contributed by atoms with Gasteiger partial charge >= 0.3 is 0 Å². The number of carbonyl (C=O) groups excluding carboxylic acids is 1. The molecule has 1 unspecified atom stereocenters. The molecule has 0 saturated carbocycles. The summed E-state index contributed by atoms with van der Waals surface area (Å²) in [6.45, 7) is 3.12. The van der Waals surface area contributed by atoms with Crippen molar-refractivity contribution in [3.05, 3.63) is 54.1 Å². The van der Waals surface area contributed by atoms with Crippen LogP contribution in [-0.2, 0) is 19.6 Å². The molecule has 2 N–H and O–H groups in total. The monoisotopic (exact) mass is 477 g/mol. The van der Waals surface area contributed by atoms with Gasteiger partial charge < -0.3 is 19.5 Å². The number of hydrogen-bond donors (Lipinski definition) is 2. The molecule has 0 aromatic heterocycles. The maximum Gasteiger partial charge on any atom is 0.240 e. The fourth-order valence-corrected chi connectivity index (χ4v) is 4.74. The van der Waals surface area contributed by atoms with E-state index in [4.69, 9.17) is 14.2 Å². The lowest BCUT2D eigenvalue weighted by atomic mass is 10.0. The number of methoxy groups -OCH3 is 2. The van der Waals surface area contributed by atoms with Gasteiger partial charge in [-0.25, -0.2) is 13.1 Å². The summed E-state index contributed by atoms with van der Waals surface area (Å²) in [5, 5.41) is 2.94. The fraction of sp³-hybridized carbons (Fsp3) is 0.435. The highest BCUT2D eigenvalue weighted by atomic mass is 32.2. The number of benzene rings is 2. The van der Waals surface area contributed by atoms with E-state index in [1.165, 1.54) is 12.1 Å². The summed E-state index contributed by atoms with van der Waals surface area (Å²) in [6, 6.07) is 13.7. The van der Waals surface area contributed by atoms with E-state index in [1.807, 2.05) is 18.2 Å². The minimum Gasteiger partial charge on any atom is -0.493 e. The van der Waals surface area contributed by atoms with Crippen LogP contribution < -0.4 is 19.5 Å². The fourth-order valence-electron chi connectivity index (χ4n) is 3.69. The van der Waals surface area contributed by atoms with Crippen LogP contribution in [0.1, 0.15) is 18.0 Å². The van der Waals surface area contributed by atoms with Crippen LogP contribution in [0.5, 0.6) is 11.5 Å². The molecule has 1 aliphatic heterocycles. The zero-order valence-corrected chi connectivity index (χ0v) is 19.8. The third-order valence-electron chi connectivity index (χ3n) is 5.47. The first-order chi connectivity index (χ1) is 15.9. The van der Waals surface area contributed by atoms with Gasteiger partial charge in [-0.2, -0.15) is 0 Å². The Kier molecular flexibility index (Phi) is 9.07. The highest BCUT2D eigenvalue weighted by Gasteiger charge is 2.24. The summed E-state index contributed by atoms with van der Waals surface area (Å²) >= 11 is 0. The lowest BCUT2D eigenvalue weighted by Gasteiger charge is -2.35. The maximum atomic E-state index is 12.5. The second kappa shape index (κ2) is 12.0. The maximum absolute atomic E-state index is 12.5. The Morgan fingerprint density at radius 3 is 2.42 bits per heavy atom. The lowest BCUT2D eigenvalue weighted by Crippen LogP contribution is -2.44. The second-order valence-corrected chi connectivity index (χ2v) is 9.31. The van der Waals surface area contributed by atoms with Crippen molar-refractivity contribution in [2.24, 2.45) is 0 Å². The van der Waals surface area contributed by atoms with E-state index in [0.717, 1.165) is 18.7 Å². The van der Waals surface area contributed by atoms with Crippen LogP contribution in [0.3, 0.4) is 0 Å². The topological polar surface area (TPSA) is 106 Å². The predicted octanol–water partition coefficient (Wildman–Crippen LogP) is 1.56. The number of carbonyl (C=O) groups is 1.